The van der Waals surface area contributed by atoms with Crippen LogP contribution in [0.2, 0.25) is 0 Å². The third kappa shape index (κ3) is 5.78. The van der Waals surface area contributed by atoms with Crippen LogP contribution in [-0.4, -0.2) is 41.5 Å². The first-order valence-corrected chi connectivity index (χ1v) is 10.3. The van der Waals surface area contributed by atoms with Gasteiger partial charge in [-0.05, 0) is 43.4 Å². The van der Waals surface area contributed by atoms with E-state index >= 15 is 0 Å². The number of hydrogen-bond donors (Lipinski definition) is 1. The molecule has 1 fully saturated rings. The van der Waals surface area contributed by atoms with Crippen molar-refractivity contribution in [1.82, 2.24) is 10.3 Å². The van der Waals surface area contributed by atoms with Crippen molar-refractivity contribution in [2.24, 2.45) is 5.92 Å². The van der Waals surface area contributed by atoms with Crippen LogP contribution in [0.3, 0.4) is 0 Å². The van der Waals surface area contributed by atoms with Gasteiger partial charge in [-0.2, -0.15) is 0 Å². The molecule has 0 saturated carbocycles. The normalized spacial score (nSPS) is 14.2. The van der Waals surface area contributed by atoms with Gasteiger partial charge >= 0.3 is 5.97 Å². The number of ether oxygens (including phenoxy) is 1. The molecule has 1 aliphatic rings. The zero-order valence-electron chi connectivity index (χ0n) is 17.7. The van der Waals surface area contributed by atoms with Gasteiger partial charge in [-0.25, -0.2) is 9.78 Å². The highest BCUT2D eigenvalue weighted by molar-refractivity contribution is 5.99. The van der Waals surface area contributed by atoms with Crippen LogP contribution in [0, 0.1) is 16.0 Å². The van der Waals surface area contributed by atoms with Gasteiger partial charge in [0, 0.05) is 43.5 Å². The summed E-state index contributed by atoms with van der Waals surface area (Å²) in [6.07, 6.45) is 4.01. The third-order valence-electron chi connectivity index (χ3n) is 5.27. The summed E-state index contributed by atoms with van der Waals surface area (Å²) < 4.78 is 4.89. The number of esters is 1. The Morgan fingerprint density at radius 3 is 2.55 bits per heavy atom. The summed E-state index contributed by atoms with van der Waals surface area (Å²) >= 11 is 0. The summed E-state index contributed by atoms with van der Waals surface area (Å²) in [7, 11) is 0. The van der Waals surface area contributed by atoms with Crippen molar-refractivity contribution in [3.05, 3.63) is 63.3 Å². The maximum Gasteiger partial charge on any atom is 0.338 e. The van der Waals surface area contributed by atoms with E-state index in [0.29, 0.717) is 0 Å². The van der Waals surface area contributed by atoms with E-state index < -0.39 is 16.8 Å². The lowest BCUT2D eigenvalue weighted by atomic mass is 9.99. The van der Waals surface area contributed by atoms with Gasteiger partial charge in [0.1, 0.15) is 5.82 Å². The van der Waals surface area contributed by atoms with Gasteiger partial charge in [-0.15, -0.1) is 0 Å². The Hall–Kier alpha value is -3.49. The minimum atomic E-state index is -0.716. The molecule has 2 heterocycles. The van der Waals surface area contributed by atoms with Crippen molar-refractivity contribution >= 4 is 23.4 Å². The fourth-order valence-corrected chi connectivity index (χ4v) is 3.41. The van der Waals surface area contributed by atoms with Crippen LogP contribution < -0.4 is 10.2 Å². The van der Waals surface area contributed by atoms with Gasteiger partial charge in [0.25, 0.3) is 11.6 Å². The Balaban J connectivity index is 1.66. The molecule has 0 spiro atoms. The zero-order chi connectivity index (χ0) is 22.4. The molecular formula is C22H26N4O5. The summed E-state index contributed by atoms with van der Waals surface area (Å²) in [6, 6.07) is 7.36. The van der Waals surface area contributed by atoms with Crippen molar-refractivity contribution < 1.29 is 19.2 Å². The van der Waals surface area contributed by atoms with Gasteiger partial charge in [-0.3, -0.25) is 14.9 Å². The number of nitrogens with one attached hydrogen (secondary N) is 1. The maximum absolute atomic E-state index is 12.6. The molecule has 1 aromatic carbocycles. The first-order valence-electron chi connectivity index (χ1n) is 10.3. The van der Waals surface area contributed by atoms with Crippen molar-refractivity contribution in [1.29, 1.82) is 0 Å². The number of nitro benzene ring substituents is 1. The number of aromatic nitrogens is 1. The third-order valence-corrected chi connectivity index (χ3v) is 5.27. The Kier molecular flexibility index (Phi) is 7.17. The number of anilines is 1. The average Bonchev–Trinajstić information content (AvgIpc) is 2.78. The second kappa shape index (κ2) is 10.0. The van der Waals surface area contributed by atoms with Gasteiger partial charge in [0.2, 0.25) is 0 Å². The van der Waals surface area contributed by atoms with Crippen LogP contribution >= 0.6 is 0 Å². The summed E-state index contributed by atoms with van der Waals surface area (Å²) in [5.74, 6) is 0.416. The standard InChI is InChI=1S/C22H26N4O5/c1-3-31-22(28)18-10-17(11-19(12-18)26(29)30)21(27)24-14-16-4-5-20(23-13-16)25-8-6-15(2)7-9-25/h4-5,10-13,15H,3,6-9,14H2,1-2H3,(H,24,27). The van der Waals surface area contributed by atoms with Gasteiger partial charge in [-0.1, -0.05) is 13.0 Å². The number of non-ortho nitro benzene ring substituents is 1. The predicted molar refractivity (Wildman–Crippen MR) is 115 cm³/mol. The van der Waals surface area contributed by atoms with Gasteiger partial charge in [0.05, 0.1) is 17.1 Å². The number of benzene rings is 1. The average molecular weight is 426 g/mol. The van der Waals surface area contributed by atoms with E-state index in [1.165, 1.54) is 6.07 Å². The molecule has 1 aromatic heterocycles. The Morgan fingerprint density at radius 1 is 1.23 bits per heavy atom. The topological polar surface area (TPSA) is 115 Å². The molecule has 0 bridgehead atoms. The molecule has 0 aliphatic carbocycles. The summed E-state index contributed by atoms with van der Waals surface area (Å²) in [6.45, 7) is 6.20. The molecule has 1 saturated heterocycles. The molecule has 1 amide bonds. The molecule has 0 radical (unpaired) electrons. The largest absolute Gasteiger partial charge is 0.462 e. The highest BCUT2D eigenvalue weighted by atomic mass is 16.6. The van der Waals surface area contributed by atoms with Crippen molar-refractivity contribution in [2.45, 2.75) is 33.2 Å². The summed E-state index contributed by atoms with van der Waals surface area (Å²) in [5, 5.41) is 13.9. The number of rotatable bonds is 7. The number of piperidine rings is 1. The highest BCUT2D eigenvalue weighted by Gasteiger charge is 2.19. The number of nitrogens with zero attached hydrogens (tertiary/aromatic N) is 3. The quantitative estimate of drug-likeness (QED) is 0.410. The molecule has 9 heteroatoms. The van der Waals surface area contributed by atoms with Crippen molar-refractivity contribution in [2.75, 3.05) is 24.6 Å². The van der Waals surface area contributed by atoms with Gasteiger partial charge in [0.15, 0.2) is 0 Å². The molecule has 31 heavy (non-hydrogen) atoms. The fraction of sp³-hybridized carbons (Fsp3) is 0.409. The predicted octanol–water partition coefficient (Wildman–Crippen LogP) is 3.33. The lowest BCUT2D eigenvalue weighted by Gasteiger charge is -2.31. The maximum atomic E-state index is 12.6. The van der Waals surface area contributed by atoms with Crippen LogP contribution in [0.25, 0.3) is 0 Å². The molecule has 0 unspecified atom stereocenters. The number of pyridine rings is 1. The SMILES string of the molecule is CCOC(=O)c1cc(C(=O)NCc2ccc(N3CCC(C)CC3)nc2)cc([N+](=O)[O-])c1. The zero-order valence-corrected chi connectivity index (χ0v) is 17.7. The monoisotopic (exact) mass is 426 g/mol. The summed E-state index contributed by atoms with van der Waals surface area (Å²) in [5.41, 5.74) is 0.434. The molecule has 2 aromatic rings. The van der Waals surface area contributed by atoms with Crippen LogP contribution in [0.15, 0.2) is 36.5 Å². The molecule has 9 nitrogen and oxygen atoms in total. The van der Waals surface area contributed by atoms with Crippen LogP contribution in [0.5, 0.6) is 0 Å². The number of carbonyl (C=O) groups is 2. The smallest absolute Gasteiger partial charge is 0.338 e. The minimum Gasteiger partial charge on any atom is -0.462 e. The van der Waals surface area contributed by atoms with E-state index in [1.807, 2.05) is 12.1 Å². The van der Waals surface area contributed by atoms with Crippen molar-refractivity contribution in [3.8, 4) is 0 Å². The first-order chi connectivity index (χ1) is 14.9. The highest BCUT2D eigenvalue weighted by Crippen LogP contribution is 2.21. The van der Waals surface area contributed by atoms with Crippen LogP contribution in [0.4, 0.5) is 11.5 Å². The second-order valence-corrected chi connectivity index (χ2v) is 7.62. The van der Waals surface area contributed by atoms with E-state index in [9.17, 15) is 19.7 Å². The van der Waals surface area contributed by atoms with E-state index in [4.69, 9.17) is 4.74 Å². The molecule has 1 N–H and O–H groups in total. The molecule has 164 valence electrons. The van der Waals surface area contributed by atoms with E-state index in [1.54, 1.807) is 13.1 Å². The lowest BCUT2D eigenvalue weighted by Crippen LogP contribution is -2.33. The van der Waals surface area contributed by atoms with E-state index in [-0.39, 0.29) is 30.0 Å². The molecule has 0 atom stereocenters. The van der Waals surface area contributed by atoms with E-state index in [2.05, 4.69) is 22.1 Å². The molecular weight excluding hydrogens is 400 g/mol. The van der Waals surface area contributed by atoms with Crippen LogP contribution in [0.1, 0.15) is 53.0 Å². The van der Waals surface area contributed by atoms with E-state index in [0.717, 1.165) is 55.4 Å². The summed E-state index contributed by atoms with van der Waals surface area (Å²) in [4.78, 5) is 41.8. The van der Waals surface area contributed by atoms with Gasteiger partial charge < -0.3 is 15.0 Å². The lowest BCUT2D eigenvalue weighted by molar-refractivity contribution is -0.384. The van der Waals surface area contributed by atoms with Crippen molar-refractivity contribution in [3.63, 3.8) is 0 Å². The Labute approximate surface area is 180 Å². The Morgan fingerprint density at radius 2 is 1.94 bits per heavy atom. The fourth-order valence-electron chi connectivity index (χ4n) is 3.41. The molecule has 1 aliphatic heterocycles. The Bertz CT molecular complexity index is 953. The number of carbonyl (C=O) groups excluding carboxylic acids is 2. The first kappa shape index (κ1) is 22.2. The number of hydrogen-bond acceptors (Lipinski definition) is 7. The second-order valence-electron chi connectivity index (χ2n) is 7.62. The number of nitro groups is 1. The minimum absolute atomic E-state index is 0.0178. The van der Waals surface area contributed by atoms with Crippen LogP contribution in [-0.2, 0) is 11.3 Å². The number of amides is 1. The molecule has 3 rings (SSSR count).